The number of fused-ring (bicyclic) bond motifs is 1. The second kappa shape index (κ2) is 5.27. The number of ether oxygens (including phenoxy) is 1. The first-order valence-electron chi connectivity index (χ1n) is 7.10. The molecule has 1 aliphatic heterocycles. The Morgan fingerprint density at radius 2 is 1.67 bits per heavy atom. The second-order valence-electron chi connectivity index (χ2n) is 5.10. The molecule has 2 amide bonds. The average molecular weight is 321 g/mol. The zero-order valence-corrected chi connectivity index (χ0v) is 12.6. The van der Waals surface area contributed by atoms with Crippen molar-refractivity contribution in [3.8, 4) is 11.4 Å². The minimum absolute atomic E-state index is 0.354. The van der Waals surface area contributed by atoms with Crippen molar-refractivity contribution in [3.63, 3.8) is 0 Å². The highest BCUT2D eigenvalue weighted by Crippen LogP contribution is 2.34. The van der Waals surface area contributed by atoms with Crippen molar-refractivity contribution < 1.29 is 14.3 Å². The summed E-state index contributed by atoms with van der Waals surface area (Å²) in [5.41, 5.74) is 1.59. The summed E-state index contributed by atoms with van der Waals surface area (Å²) in [5, 5.41) is 11.0. The van der Waals surface area contributed by atoms with E-state index in [1.165, 1.54) is 18.1 Å². The van der Waals surface area contributed by atoms with Crippen molar-refractivity contribution in [3.05, 3.63) is 59.9 Å². The highest BCUT2D eigenvalue weighted by atomic mass is 16.5. The van der Waals surface area contributed by atoms with E-state index in [1.54, 1.807) is 42.5 Å². The largest absolute Gasteiger partial charge is 0.497 e. The molecule has 0 saturated heterocycles. The third-order valence-electron chi connectivity index (χ3n) is 3.81. The van der Waals surface area contributed by atoms with E-state index in [0.717, 1.165) is 4.90 Å². The van der Waals surface area contributed by atoms with Crippen LogP contribution in [0.4, 0.5) is 5.69 Å². The topological polar surface area (TPSA) is 90.2 Å². The maximum Gasteiger partial charge on any atom is 0.266 e. The lowest BCUT2D eigenvalue weighted by Crippen LogP contribution is -2.30. The number of benzene rings is 2. The van der Waals surface area contributed by atoms with Gasteiger partial charge in [0.15, 0.2) is 0 Å². The van der Waals surface area contributed by atoms with Crippen LogP contribution >= 0.6 is 0 Å². The zero-order chi connectivity index (χ0) is 16.7. The number of carbonyl (C=O) groups excluding carboxylic acids is 2. The van der Waals surface area contributed by atoms with E-state index >= 15 is 0 Å². The molecule has 1 aliphatic rings. The fourth-order valence-corrected chi connectivity index (χ4v) is 2.68. The van der Waals surface area contributed by atoms with Crippen LogP contribution in [0.2, 0.25) is 0 Å². The standard InChI is InChI=1S/C16H11N5O3/c1-24-10-6-7-13(20-9-17-18-19-20)14(8-10)21-15(22)11-4-2-3-5-12(11)16(21)23/h2-9H,1H3. The lowest BCUT2D eigenvalue weighted by Gasteiger charge is -2.18. The van der Waals surface area contributed by atoms with Crippen molar-refractivity contribution in [1.29, 1.82) is 0 Å². The maximum absolute atomic E-state index is 12.7. The number of rotatable bonds is 3. The van der Waals surface area contributed by atoms with Crippen LogP contribution in [0.5, 0.6) is 5.75 Å². The van der Waals surface area contributed by atoms with Crippen molar-refractivity contribution in [1.82, 2.24) is 20.2 Å². The molecular formula is C16H11N5O3. The quantitative estimate of drug-likeness (QED) is 0.679. The Morgan fingerprint density at radius 1 is 0.958 bits per heavy atom. The summed E-state index contributed by atoms with van der Waals surface area (Å²) in [6, 6.07) is 11.7. The first-order chi connectivity index (χ1) is 11.7. The summed E-state index contributed by atoms with van der Waals surface area (Å²) < 4.78 is 6.61. The molecule has 8 nitrogen and oxygen atoms in total. The molecular weight excluding hydrogens is 310 g/mol. The van der Waals surface area contributed by atoms with Gasteiger partial charge in [-0.25, -0.2) is 4.90 Å². The molecule has 4 rings (SSSR count). The highest BCUT2D eigenvalue weighted by molar-refractivity contribution is 6.35. The van der Waals surface area contributed by atoms with Gasteiger partial charge >= 0.3 is 0 Å². The van der Waals surface area contributed by atoms with Gasteiger partial charge in [-0.1, -0.05) is 12.1 Å². The van der Waals surface area contributed by atoms with Gasteiger partial charge in [0.1, 0.15) is 12.1 Å². The van der Waals surface area contributed by atoms with E-state index in [4.69, 9.17) is 4.74 Å². The SMILES string of the molecule is COc1ccc(-n2cnnn2)c(N2C(=O)c3ccccc3C2=O)c1. The van der Waals surface area contributed by atoms with Gasteiger partial charge in [-0.3, -0.25) is 9.59 Å². The molecule has 0 radical (unpaired) electrons. The number of hydrogen-bond acceptors (Lipinski definition) is 6. The number of methoxy groups -OCH3 is 1. The molecule has 0 bridgehead atoms. The molecule has 2 aromatic carbocycles. The fourth-order valence-electron chi connectivity index (χ4n) is 2.68. The molecule has 0 aliphatic carbocycles. The van der Waals surface area contributed by atoms with Crippen molar-refractivity contribution in [2.24, 2.45) is 0 Å². The highest BCUT2D eigenvalue weighted by Gasteiger charge is 2.38. The Kier molecular flexibility index (Phi) is 3.09. The molecule has 0 atom stereocenters. The molecule has 0 unspecified atom stereocenters. The van der Waals surface area contributed by atoms with Gasteiger partial charge < -0.3 is 4.74 Å². The van der Waals surface area contributed by atoms with Crippen LogP contribution in [0.25, 0.3) is 5.69 Å². The monoisotopic (exact) mass is 321 g/mol. The van der Waals surface area contributed by atoms with Crippen molar-refractivity contribution >= 4 is 17.5 Å². The molecule has 0 fully saturated rings. The molecule has 3 aromatic rings. The third kappa shape index (κ3) is 1.97. The zero-order valence-electron chi connectivity index (χ0n) is 12.6. The Morgan fingerprint density at radius 3 is 2.25 bits per heavy atom. The van der Waals surface area contributed by atoms with Gasteiger partial charge in [0.05, 0.1) is 29.6 Å². The first kappa shape index (κ1) is 14.1. The molecule has 8 heteroatoms. The number of tetrazole rings is 1. The summed E-state index contributed by atoms with van der Waals surface area (Å²) in [4.78, 5) is 26.6. The average Bonchev–Trinajstić information content (AvgIpc) is 3.23. The Bertz CT molecular complexity index is 917. The number of imide groups is 1. The number of hydrogen-bond donors (Lipinski definition) is 0. The van der Waals surface area contributed by atoms with Gasteiger partial charge in [0.2, 0.25) is 0 Å². The van der Waals surface area contributed by atoms with Gasteiger partial charge in [0, 0.05) is 6.07 Å². The Hall–Kier alpha value is -3.55. The summed E-state index contributed by atoms with van der Waals surface area (Å²) in [7, 11) is 1.51. The van der Waals surface area contributed by atoms with E-state index in [-0.39, 0.29) is 0 Å². The first-order valence-corrected chi connectivity index (χ1v) is 7.10. The minimum Gasteiger partial charge on any atom is -0.497 e. The van der Waals surface area contributed by atoms with Crippen LogP contribution in [-0.2, 0) is 0 Å². The van der Waals surface area contributed by atoms with Crippen LogP contribution in [0, 0.1) is 0 Å². The summed E-state index contributed by atoms with van der Waals surface area (Å²) in [6.45, 7) is 0. The Labute approximate surface area is 136 Å². The Balaban J connectivity index is 1.91. The van der Waals surface area contributed by atoms with Gasteiger partial charge in [-0.05, 0) is 34.7 Å². The number of aromatic nitrogens is 4. The van der Waals surface area contributed by atoms with Crippen LogP contribution in [0.1, 0.15) is 20.7 Å². The molecule has 24 heavy (non-hydrogen) atoms. The minimum atomic E-state index is -0.391. The van der Waals surface area contributed by atoms with E-state index in [1.807, 2.05) is 0 Å². The summed E-state index contributed by atoms with van der Waals surface area (Å²) in [6.07, 6.45) is 1.39. The second-order valence-corrected chi connectivity index (χ2v) is 5.10. The van der Waals surface area contributed by atoms with Crippen LogP contribution in [-0.4, -0.2) is 39.1 Å². The summed E-state index contributed by atoms with van der Waals surface area (Å²) in [5.74, 6) is -0.269. The summed E-state index contributed by atoms with van der Waals surface area (Å²) >= 11 is 0. The normalized spacial score (nSPS) is 13.3. The molecule has 0 saturated carbocycles. The van der Waals surface area contributed by atoms with Gasteiger partial charge in [-0.2, -0.15) is 4.68 Å². The molecule has 2 heterocycles. The molecule has 0 N–H and O–H groups in total. The number of anilines is 1. The lowest BCUT2D eigenvalue weighted by molar-refractivity contribution is 0.0926. The molecule has 0 spiro atoms. The maximum atomic E-state index is 12.7. The van der Waals surface area contributed by atoms with Gasteiger partial charge in [0.25, 0.3) is 11.8 Å². The number of carbonyl (C=O) groups is 2. The van der Waals surface area contributed by atoms with E-state index < -0.39 is 11.8 Å². The molecule has 1 aromatic heterocycles. The van der Waals surface area contributed by atoms with E-state index in [0.29, 0.717) is 28.3 Å². The number of amides is 2. The predicted octanol–water partition coefficient (Wildman–Crippen LogP) is 1.47. The fraction of sp³-hybridized carbons (Fsp3) is 0.0625. The third-order valence-corrected chi connectivity index (χ3v) is 3.81. The van der Waals surface area contributed by atoms with Gasteiger partial charge in [-0.15, -0.1) is 5.10 Å². The predicted molar refractivity (Wildman–Crippen MR) is 83.3 cm³/mol. The van der Waals surface area contributed by atoms with Crippen LogP contribution in [0.3, 0.4) is 0 Å². The van der Waals surface area contributed by atoms with Crippen LogP contribution < -0.4 is 9.64 Å². The van der Waals surface area contributed by atoms with Crippen molar-refractivity contribution in [2.45, 2.75) is 0 Å². The van der Waals surface area contributed by atoms with E-state index in [2.05, 4.69) is 15.5 Å². The van der Waals surface area contributed by atoms with E-state index in [9.17, 15) is 9.59 Å². The smallest absolute Gasteiger partial charge is 0.266 e. The number of nitrogens with zero attached hydrogens (tertiary/aromatic N) is 5. The van der Waals surface area contributed by atoms with Crippen LogP contribution in [0.15, 0.2) is 48.8 Å². The lowest BCUT2D eigenvalue weighted by atomic mass is 10.1. The molecule has 118 valence electrons. The van der Waals surface area contributed by atoms with Crippen molar-refractivity contribution in [2.75, 3.05) is 12.0 Å².